The van der Waals surface area contributed by atoms with Crippen LogP contribution in [0.5, 0.6) is 0 Å². The van der Waals surface area contributed by atoms with Crippen LogP contribution >= 0.6 is 0 Å². The van der Waals surface area contributed by atoms with Crippen molar-refractivity contribution in [3.63, 3.8) is 0 Å². The number of fused-ring (bicyclic) bond motifs is 1. The molecule has 1 N–H and O–H groups in total. The molecule has 2 aliphatic heterocycles. The maximum atomic E-state index is 12.2. The van der Waals surface area contributed by atoms with E-state index in [0.717, 1.165) is 5.57 Å². The van der Waals surface area contributed by atoms with E-state index in [1.807, 2.05) is 19.1 Å². The third-order valence-corrected chi connectivity index (χ3v) is 2.64. The molecule has 3 heterocycles. The molecule has 0 unspecified atom stereocenters. The van der Waals surface area contributed by atoms with Gasteiger partial charge >= 0.3 is 51.4 Å². The second-order valence-electron chi connectivity index (χ2n) is 3.73. The van der Waals surface area contributed by atoms with Crippen LogP contribution in [0.4, 0.5) is 0 Å². The number of hydrogen-bond donors (Lipinski definition) is 1. The van der Waals surface area contributed by atoms with Gasteiger partial charge in [0.25, 0.3) is 0 Å². The van der Waals surface area contributed by atoms with Gasteiger partial charge in [0.1, 0.15) is 5.82 Å². The zero-order valence-electron chi connectivity index (χ0n) is 10.1. The van der Waals surface area contributed by atoms with Gasteiger partial charge in [-0.2, -0.15) is 5.21 Å². The van der Waals surface area contributed by atoms with Gasteiger partial charge in [0.2, 0.25) is 5.82 Å². The van der Waals surface area contributed by atoms with Gasteiger partial charge in [-0.3, -0.25) is 0 Å². The summed E-state index contributed by atoms with van der Waals surface area (Å²) < 4.78 is 0. The topological polar surface area (TPSA) is 93.1 Å². The molecule has 0 bridgehead atoms. The Balaban J connectivity index is 0.00000120. The van der Waals surface area contributed by atoms with E-state index < -0.39 is 0 Å². The number of allylic oxidation sites excluding steroid dienone is 3. The number of tetrazole rings is 1. The van der Waals surface area contributed by atoms with Crippen LogP contribution in [0.2, 0.25) is 0 Å². The maximum absolute atomic E-state index is 12.2. The number of aromatic nitrogens is 4. The Bertz CT molecular complexity index is 571. The van der Waals surface area contributed by atoms with Gasteiger partial charge in [-0.05, 0) is 23.6 Å². The first-order valence-corrected chi connectivity index (χ1v) is 5.11. The summed E-state index contributed by atoms with van der Waals surface area (Å²) in [7, 11) is 0. The molecule has 8 heteroatoms. The van der Waals surface area contributed by atoms with Crippen LogP contribution in [0, 0.1) is 0 Å². The summed E-state index contributed by atoms with van der Waals surface area (Å²) in [6.45, 7) is 2.44. The normalized spacial score (nSPS) is 17.9. The summed E-state index contributed by atoms with van der Waals surface area (Å²) in [5.41, 5.74) is 1.32. The van der Waals surface area contributed by atoms with Crippen LogP contribution in [0.1, 0.15) is 12.7 Å². The molecule has 0 amide bonds. The average Bonchev–Trinajstić information content (AvgIpc) is 2.84. The number of rotatable bonds is 1. The first-order chi connectivity index (χ1) is 8.27. The van der Waals surface area contributed by atoms with Crippen molar-refractivity contribution in [2.45, 2.75) is 6.92 Å². The Labute approximate surface area is 146 Å². The molecule has 0 atom stereocenters. The molecule has 1 aromatic rings. The molecule has 86 valence electrons. The zero-order chi connectivity index (χ0) is 11.8. The van der Waals surface area contributed by atoms with Crippen molar-refractivity contribution in [3.05, 3.63) is 35.3 Å². The third kappa shape index (κ3) is 2.21. The molecule has 0 fully saturated rings. The van der Waals surface area contributed by atoms with Crippen molar-refractivity contribution < 1.29 is 56.5 Å². The predicted molar refractivity (Wildman–Crippen MR) is 58.1 cm³/mol. The first kappa shape index (κ1) is 13.6. The number of aromatic amines is 1. The first-order valence-electron chi connectivity index (χ1n) is 5.11. The van der Waals surface area contributed by atoms with Crippen LogP contribution in [0.15, 0.2) is 34.4 Å². The maximum Gasteiger partial charge on any atom is 1.00 e. The molecule has 0 aliphatic carbocycles. The van der Waals surface area contributed by atoms with Gasteiger partial charge in [-0.1, -0.05) is 12.2 Å². The summed E-state index contributed by atoms with van der Waals surface area (Å²) in [6, 6.07) is 0. The number of nitrogens with one attached hydrogen (secondary N) is 1. The smallest absolute Gasteiger partial charge is 0.859 e. The fourth-order valence-corrected chi connectivity index (χ4v) is 1.81. The molecule has 0 saturated heterocycles. The van der Waals surface area contributed by atoms with Crippen LogP contribution in [-0.2, 0) is 0 Å². The van der Waals surface area contributed by atoms with E-state index in [9.17, 15) is 5.11 Å². The molecule has 1 aromatic heterocycles. The van der Waals surface area contributed by atoms with Gasteiger partial charge in [0.15, 0.2) is 0 Å². The van der Waals surface area contributed by atoms with E-state index in [4.69, 9.17) is 0 Å². The minimum Gasteiger partial charge on any atom is -0.859 e. The van der Waals surface area contributed by atoms with Gasteiger partial charge < -0.3 is 10.0 Å². The summed E-state index contributed by atoms with van der Waals surface area (Å²) in [5, 5.41) is 25.5. The fourth-order valence-electron chi connectivity index (χ4n) is 1.81. The van der Waals surface area contributed by atoms with Crippen molar-refractivity contribution in [3.8, 4) is 0 Å². The Hall–Kier alpha value is -0.804. The van der Waals surface area contributed by atoms with Crippen molar-refractivity contribution in [1.29, 1.82) is 0 Å². The Kier molecular flexibility index (Phi) is 4.13. The molecular weight excluding hydrogens is 259 g/mol. The van der Waals surface area contributed by atoms with Crippen molar-refractivity contribution in [2.24, 2.45) is 4.99 Å². The van der Waals surface area contributed by atoms with Crippen LogP contribution in [0.25, 0.3) is 5.57 Å². The number of H-pyrrole nitrogens is 1. The van der Waals surface area contributed by atoms with E-state index in [-0.39, 0.29) is 63.1 Å². The second kappa shape index (κ2) is 5.45. The van der Waals surface area contributed by atoms with E-state index in [1.54, 1.807) is 4.90 Å². The van der Waals surface area contributed by atoms with Gasteiger partial charge in [-0.15, -0.1) is 10.2 Å². The number of aliphatic imine (C=N–C) groups is 1. The Morgan fingerprint density at radius 2 is 2.28 bits per heavy atom. The summed E-state index contributed by atoms with van der Waals surface area (Å²) in [4.78, 5) is 5.87. The van der Waals surface area contributed by atoms with Gasteiger partial charge in [-0.25, -0.2) is 4.99 Å². The molecule has 18 heavy (non-hydrogen) atoms. The Morgan fingerprint density at radius 1 is 1.44 bits per heavy atom. The molecule has 0 saturated carbocycles. The molecule has 0 aromatic carbocycles. The van der Waals surface area contributed by atoms with Gasteiger partial charge in [0.05, 0.1) is 5.57 Å². The standard InChI is InChI=1S/C10H10N6O.K/c1-6-3-2-4-16-9(6)11-5-7(10(16)17)8-12-14-15-13-8;/h2-3,5,17H,4H2,1H3,(H,12,13,14,15);/q;+1/p-1. The SMILES string of the molecule is CC1=C2N=CC(c3nn[nH]n3)=C([O-])N2CC=C1.[K+]. The van der Waals surface area contributed by atoms with Gasteiger partial charge in [0, 0.05) is 12.8 Å². The number of hydrogen-bond acceptors (Lipinski definition) is 6. The molecule has 7 nitrogen and oxygen atoms in total. The molecule has 0 spiro atoms. The monoisotopic (exact) mass is 268 g/mol. The minimum absolute atomic E-state index is 0. The molecule has 3 rings (SSSR count). The van der Waals surface area contributed by atoms with Crippen LogP contribution < -0.4 is 56.5 Å². The number of nitrogens with zero attached hydrogens (tertiary/aromatic N) is 5. The van der Waals surface area contributed by atoms with Crippen molar-refractivity contribution >= 4 is 11.8 Å². The average molecular weight is 268 g/mol. The summed E-state index contributed by atoms with van der Waals surface area (Å²) in [6.07, 6.45) is 5.36. The molecule has 0 radical (unpaired) electrons. The molecular formula is C10H9KN6O. The minimum atomic E-state index is -0.153. The summed E-state index contributed by atoms with van der Waals surface area (Å²) >= 11 is 0. The van der Waals surface area contributed by atoms with Crippen molar-refractivity contribution in [2.75, 3.05) is 6.54 Å². The zero-order valence-corrected chi connectivity index (χ0v) is 13.2. The van der Waals surface area contributed by atoms with E-state index in [1.165, 1.54) is 6.21 Å². The predicted octanol–water partition coefficient (Wildman–Crippen LogP) is -3.58. The molecule has 2 aliphatic rings. The van der Waals surface area contributed by atoms with Crippen LogP contribution in [-0.4, -0.2) is 38.3 Å². The third-order valence-electron chi connectivity index (χ3n) is 2.64. The Morgan fingerprint density at radius 3 is 3.00 bits per heavy atom. The van der Waals surface area contributed by atoms with E-state index >= 15 is 0 Å². The van der Waals surface area contributed by atoms with E-state index in [0.29, 0.717) is 17.9 Å². The second-order valence-corrected chi connectivity index (χ2v) is 3.73. The van der Waals surface area contributed by atoms with Crippen molar-refractivity contribution in [1.82, 2.24) is 25.5 Å². The fraction of sp³-hybridized carbons (Fsp3) is 0.200. The van der Waals surface area contributed by atoms with Crippen LogP contribution in [0.3, 0.4) is 0 Å². The van der Waals surface area contributed by atoms with E-state index in [2.05, 4.69) is 25.6 Å². The quantitative estimate of drug-likeness (QED) is 0.532. The summed E-state index contributed by atoms with van der Waals surface area (Å²) in [5.74, 6) is 0.801. The largest absolute Gasteiger partial charge is 1.00 e.